The van der Waals surface area contributed by atoms with Crippen LogP contribution in [0, 0.1) is 13.8 Å². The van der Waals surface area contributed by atoms with Gasteiger partial charge >= 0.3 is 0 Å². The van der Waals surface area contributed by atoms with Crippen LogP contribution in [0.1, 0.15) is 17.0 Å². The van der Waals surface area contributed by atoms with E-state index in [2.05, 4.69) is 16.9 Å². The van der Waals surface area contributed by atoms with Gasteiger partial charge in [-0.15, -0.1) is 0 Å². The van der Waals surface area contributed by atoms with Gasteiger partial charge in [-0.25, -0.2) is 0 Å². The highest BCUT2D eigenvalue weighted by Crippen LogP contribution is 2.16. The van der Waals surface area contributed by atoms with E-state index in [-0.39, 0.29) is 12.5 Å². The van der Waals surface area contributed by atoms with Crippen molar-refractivity contribution in [3.8, 4) is 0 Å². The average Bonchev–Trinajstić information content (AvgIpc) is 2.74. The van der Waals surface area contributed by atoms with Gasteiger partial charge in [-0.1, -0.05) is 0 Å². The Balaban J connectivity index is 1.88. The molecular formula is C15H27N5O2. The van der Waals surface area contributed by atoms with Crippen LogP contribution in [-0.4, -0.2) is 71.4 Å². The van der Waals surface area contributed by atoms with Crippen molar-refractivity contribution in [1.29, 1.82) is 0 Å². The van der Waals surface area contributed by atoms with Gasteiger partial charge < -0.3 is 15.4 Å². The summed E-state index contributed by atoms with van der Waals surface area (Å²) in [6, 6.07) is -0.556. The van der Waals surface area contributed by atoms with Crippen LogP contribution in [0.4, 0.5) is 0 Å². The second-order valence-corrected chi connectivity index (χ2v) is 5.94. The molecule has 0 spiro atoms. The summed E-state index contributed by atoms with van der Waals surface area (Å²) in [5.74, 6) is -0.0183. The number of methoxy groups -OCH3 is 1. The molecule has 1 fully saturated rings. The summed E-state index contributed by atoms with van der Waals surface area (Å²) in [7, 11) is 3.53. The monoisotopic (exact) mass is 309 g/mol. The van der Waals surface area contributed by atoms with Crippen LogP contribution in [0.2, 0.25) is 0 Å². The van der Waals surface area contributed by atoms with E-state index in [1.54, 1.807) is 7.11 Å². The highest BCUT2D eigenvalue weighted by molar-refractivity contribution is 5.81. The minimum atomic E-state index is -0.556. The van der Waals surface area contributed by atoms with E-state index in [1.807, 2.05) is 23.6 Å². The van der Waals surface area contributed by atoms with Gasteiger partial charge in [0.15, 0.2) is 0 Å². The Hall–Kier alpha value is -1.44. The predicted octanol–water partition coefficient (Wildman–Crippen LogP) is -0.345. The number of piperazine rings is 1. The normalized spacial score (nSPS) is 17.8. The molecule has 1 aliphatic rings. The predicted molar refractivity (Wildman–Crippen MR) is 84.4 cm³/mol. The molecule has 0 saturated carbocycles. The highest BCUT2D eigenvalue weighted by Gasteiger charge is 2.26. The van der Waals surface area contributed by atoms with Crippen molar-refractivity contribution in [3.63, 3.8) is 0 Å². The quantitative estimate of drug-likeness (QED) is 0.805. The molecule has 7 heteroatoms. The van der Waals surface area contributed by atoms with Crippen molar-refractivity contribution in [2.24, 2.45) is 12.8 Å². The number of aromatic nitrogens is 2. The standard InChI is InChI=1S/C15H27N5O2/c1-11-13(12(2)18(3)17-11)9-19-5-7-20(8-6-19)15(21)14(16)10-22-4/h14H,5-10,16H2,1-4H3. The molecule has 1 saturated heterocycles. The Bertz CT molecular complexity index is 520. The lowest BCUT2D eigenvalue weighted by molar-refractivity contribution is -0.135. The molecule has 0 aliphatic carbocycles. The van der Waals surface area contributed by atoms with E-state index in [9.17, 15) is 4.79 Å². The van der Waals surface area contributed by atoms with E-state index in [0.29, 0.717) is 13.1 Å². The molecule has 0 aromatic carbocycles. The van der Waals surface area contributed by atoms with Crippen molar-refractivity contribution in [3.05, 3.63) is 17.0 Å². The van der Waals surface area contributed by atoms with Gasteiger partial charge in [0.2, 0.25) is 5.91 Å². The lowest BCUT2D eigenvalue weighted by Crippen LogP contribution is -2.53. The van der Waals surface area contributed by atoms with Crippen LogP contribution in [-0.2, 0) is 23.1 Å². The number of ether oxygens (including phenoxy) is 1. The number of hydrogen-bond donors (Lipinski definition) is 1. The van der Waals surface area contributed by atoms with Gasteiger partial charge in [-0.2, -0.15) is 5.10 Å². The molecule has 2 rings (SSSR count). The maximum atomic E-state index is 12.2. The Morgan fingerprint density at radius 3 is 2.45 bits per heavy atom. The smallest absolute Gasteiger partial charge is 0.241 e. The van der Waals surface area contributed by atoms with Gasteiger partial charge in [-0.05, 0) is 13.8 Å². The van der Waals surface area contributed by atoms with Gasteiger partial charge in [0.05, 0.1) is 12.3 Å². The van der Waals surface area contributed by atoms with Crippen molar-refractivity contribution < 1.29 is 9.53 Å². The number of nitrogens with two attached hydrogens (primary N) is 1. The van der Waals surface area contributed by atoms with Crippen LogP contribution in [0.15, 0.2) is 0 Å². The van der Waals surface area contributed by atoms with Gasteiger partial charge in [0, 0.05) is 58.1 Å². The summed E-state index contributed by atoms with van der Waals surface area (Å²) >= 11 is 0. The van der Waals surface area contributed by atoms with Gasteiger partial charge in [-0.3, -0.25) is 14.4 Å². The molecule has 22 heavy (non-hydrogen) atoms. The molecule has 7 nitrogen and oxygen atoms in total. The number of rotatable bonds is 5. The molecule has 1 amide bonds. The fraction of sp³-hybridized carbons (Fsp3) is 0.733. The van der Waals surface area contributed by atoms with Crippen LogP contribution in [0.25, 0.3) is 0 Å². The topological polar surface area (TPSA) is 76.6 Å². The van der Waals surface area contributed by atoms with Crippen molar-refractivity contribution >= 4 is 5.91 Å². The molecule has 2 N–H and O–H groups in total. The lowest BCUT2D eigenvalue weighted by atomic mass is 10.1. The number of carbonyl (C=O) groups is 1. The van der Waals surface area contributed by atoms with Crippen molar-refractivity contribution in [2.75, 3.05) is 39.9 Å². The molecule has 124 valence electrons. The third-order valence-corrected chi connectivity index (χ3v) is 4.39. The molecule has 1 atom stereocenters. The van der Waals surface area contributed by atoms with Crippen LogP contribution >= 0.6 is 0 Å². The summed E-state index contributed by atoms with van der Waals surface area (Å²) < 4.78 is 6.88. The third-order valence-electron chi connectivity index (χ3n) is 4.39. The SMILES string of the molecule is COCC(N)C(=O)N1CCN(Cc2c(C)nn(C)c2C)CC1. The zero-order chi connectivity index (χ0) is 16.3. The number of nitrogens with zero attached hydrogens (tertiary/aromatic N) is 4. The van der Waals surface area contributed by atoms with Gasteiger partial charge in [0.1, 0.15) is 6.04 Å². The molecular weight excluding hydrogens is 282 g/mol. The first-order chi connectivity index (χ1) is 10.4. The van der Waals surface area contributed by atoms with Crippen LogP contribution < -0.4 is 5.73 Å². The summed E-state index contributed by atoms with van der Waals surface area (Å²) in [4.78, 5) is 16.4. The van der Waals surface area contributed by atoms with E-state index in [0.717, 1.165) is 25.3 Å². The van der Waals surface area contributed by atoms with E-state index in [1.165, 1.54) is 11.3 Å². The summed E-state index contributed by atoms with van der Waals surface area (Å²) in [5, 5.41) is 4.46. The molecule has 0 radical (unpaired) electrons. The first-order valence-corrected chi connectivity index (χ1v) is 7.68. The number of hydrogen-bond acceptors (Lipinski definition) is 5. The minimum absolute atomic E-state index is 0.0183. The molecule has 1 aliphatic heterocycles. The Morgan fingerprint density at radius 2 is 1.95 bits per heavy atom. The summed E-state index contributed by atoms with van der Waals surface area (Å²) in [5.41, 5.74) is 9.40. The fourth-order valence-electron chi connectivity index (χ4n) is 2.88. The maximum Gasteiger partial charge on any atom is 0.241 e. The van der Waals surface area contributed by atoms with E-state index < -0.39 is 6.04 Å². The second-order valence-electron chi connectivity index (χ2n) is 5.94. The fourth-order valence-corrected chi connectivity index (χ4v) is 2.88. The molecule has 1 aromatic rings. The zero-order valence-corrected chi connectivity index (χ0v) is 14.0. The zero-order valence-electron chi connectivity index (χ0n) is 14.0. The highest BCUT2D eigenvalue weighted by atomic mass is 16.5. The maximum absolute atomic E-state index is 12.2. The lowest BCUT2D eigenvalue weighted by Gasteiger charge is -2.35. The minimum Gasteiger partial charge on any atom is -0.383 e. The summed E-state index contributed by atoms with van der Waals surface area (Å²) in [6.07, 6.45) is 0. The first-order valence-electron chi connectivity index (χ1n) is 7.68. The van der Waals surface area contributed by atoms with Crippen LogP contribution in [0.5, 0.6) is 0 Å². The number of aryl methyl sites for hydroxylation is 2. The van der Waals surface area contributed by atoms with E-state index in [4.69, 9.17) is 10.5 Å². The Labute approximate surface area is 132 Å². The molecule has 1 aromatic heterocycles. The number of carbonyl (C=O) groups excluding carboxylic acids is 1. The molecule has 1 unspecified atom stereocenters. The second kappa shape index (κ2) is 7.21. The third kappa shape index (κ3) is 3.66. The summed E-state index contributed by atoms with van der Waals surface area (Å²) in [6.45, 7) is 8.46. The largest absolute Gasteiger partial charge is 0.383 e. The van der Waals surface area contributed by atoms with Crippen molar-refractivity contribution in [1.82, 2.24) is 19.6 Å². The molecule has 2 heterocycles. The Morgan fingerprint density at radius 1 is 1.32 bits per heavy atom. The van der Waals surface area contributed by atoms with Crippen LogP contribution in [0.3, 0.4) is 0 Å². The van der Waals surface area contributed by atoms with Crippen molar-refractivity contribution in [2.45, 2.75) is 26.4 Å². The van der Waals surface area contributed by atoms with Gasteiger partial charge in [0.25, 0.3) is 0 Å². The van der Waals surface area contributed by atoms with E-state index >= 15 is 0 Å². The first kappa shape index (κ1) is 16.9. The number of amides is 1. The Kier molecular flexibility index (Phi) is 5.55. The molecule has 0 bridgehead atoms. The average molecular weight is 309 g/mol.